The number of carbonyl (C=O) groups is 2. The molecule has 1 saturated heterocycles. The van der Waals surface area contributed by atoms with Gasteiger partial charge >= 0.3 is 6.03 Å². The van der Waals surface area contributed by atoms with Gasteiger partial charge in [-0.3, -0.25) is 10.2 Å². The molecule has 1 aliphatic heterocycles. The van der Waals surface area contributed by atoms with Crippen LogP contribution < -0.4 is 11.3 Å². The summed E-state index contributed by atoms with van der Waals surface area (Å²) in [5, 5.41) is 0. The molecule has 0 unspecified atom stereocenters. The molecule has 0 atom stereocenters. The van der Waals surface area contributed by atoms with E-state index in [0.717, 1.165) is 17.8 Å². The molecule has 4 bridgehead atoms. The van der Waals surface area contributed by atoms with Crippen LogP contribution in [0.1, 0.15) is 54.4 Å². The Morgan fingerprint density at radius 1 is 1.12 bits per heavy atom. The molecule has 5 fully saturated rings. The summed E-state index contributed by atoms with van der Waals surface area (Å²) < 4.78 is 20.3. The average molecular weight is 445 g/mol. The van der Waals surface area contributed by atoms with Gasteiger partial charge in [-0.15, -0.1) is 0 Å². The largest absolute Gasteiger partial charge is 0.378 e. The van der Waals surface area contributed by atoms with Gasteiger partial charge in [0.25, 0.3) is 5.91 Å². The van der Waals surface area contributed by atoms with Crippen molar-refractivity contribution in [1.82, 2.24) is 15.2 Å². The highest BCUT2D eigenvalue weighted by Crippen LogP contribution is 2.60. The van der Waals surface area contributed by atoms with Crippen molar-refractivity contribution in [3.05, 3.63) is 35.1 Å². The van der Waals surface area contributed by atoms with Crippen LogP contribution in [0.3, 0.4) is 0 Å². The van der Waals surface area contributed by atoms with Crippen molar-refractivity contribution in [3.63, 3.8) is 0 Å². The lowest BCUT2D eigenvalue weighted by molar-refractivity contribution is -0.0672. The number of amides is 3. The summed E-state index contributed by atoms with van der Waals surface area (Å²) >= 11 is 0. The molecule has 1 heterocycles. The molecule has 1 aromatic carbocycles. The Balaban J connectivity index is 1.39. The lowest BCUT2D eigenvalue weighted by Gasteiger charge is -2.58. The number of ether oxygens (including phenoxy) is 1. The van der Waals surface area contributed by atoms with Gasteiger partial charge in [0.1, 0.15) is 5.82 Å². The van der Waals surface area contributed by atoms with Gasteiger partial charge in [0.2, 0.25) is 0 Å². The minimum Gasteiger partial charge on any atom is -0.378 e. The molecule has 4 saturated carbocycles. The number of carbonyl (C=O) groups excluding carboxylic acids is 2. The van der Waals surface area contributed by atoms with E-state index in [1.807, 2.05) is 15.2 Å². The predicted octanol–water partition coefficient (Wildman–Crippen LogP) is 2.90. The minimum absolute atomic E-state index is 0.0350. The number of rotatable bonds is 5. The number of hydrazine groups is 1. The lowest BCUT2D eigenvalue weighted by Crippen LogP contribution is -2.55. The van der Waals surface area contributed by atoms with Crippen LogP contribution >= 0.6 is 0 Å². The zero-order chi connectivity index (χ0) is 22.3. The SMILES string of the molecule is NNC(=O)c1ccc(CN(CC23CC4CC(CC(C4)C2)C3)C(=O)N2CCOCC2)c(F)c1. The Morgan fingerprint density at radius 2 is 1.75 bits per heavy atom. The molecular formula is C24H33FN4O3. The van der Waals surface area contributed by atoms with E-state index in [0.29, 0.717) is 38.4 Å². The highest BCUT2D eigenvalue weighted by Gasteiger charge is 2.51. The van der Waals surface area contributed by atoms with Gasteiger partial charge in [0.05, 0.1) is 19.8 Å². The van der Waals surface area contributed by atoms with Gasteiger partial charge in [0.15, 0.2) is 0 Å². The zero-order valence-electron chi connectivity index (χ0n) is 18.5. The van der Waals surface area contributed by atoms with Crippen LogP contribution in [0.4, 0.5) is 9.18 Å². The normalized spacial score (nSPS) is 30.9. The minimum atomic E-state index is -0.537. The number of nitrogens with one attached hydrogen (secondary N) is 1. The molecule has 0 radical (unpaired) electrons. The maximum atomic E-state index is 14.9. The molecule has 3 amide bonds. The fourth-order valence-corrected chi connectivity index (χ4v) is 7.14. The van der Waals surface area contributed by atoms with Crippen molar-refractivity contribution >= 4 is 11.9 Å². The van der Waals surface area contributed by atoms with E-state index in [1.54, 1.807) is 12.1 Å². The summed E-state index contributed by atoms with van der Waals surface area (Å²) in [6, 6.07) is 4.31. The van der Waals surface area contributed by atoms with Crippen LogP contribution in [0, 0.1) is 29.0 Å². The number of benzene rings is 1. The van der Waals surface area contributed by atoms with Gasteiger partial charge < -0.3 is 14.5 Å². The fourth-order valence-electron chi connectivity index (χ4n) is 7.14. The number of morpholine rings is 1. The van der Waals surface area contributed by atoms with Crippen molar-refractivity contribution in [3.8, 4) is 0 Å². The first-order valence-corrected chi connectivity index (χ1v) is 11.9. The van der Waals surface area contributed by atoms with Gasteiger partial charge in [-0.25, -0.2) is 15.0 Å². The molecule has 6 rings (SSSR count). The Hall–Kier alpha value is -2.19. The summed E-state index contributed by atoms with van der Waals surface area (Å²) in [7, 11) is 0. The van der Waals surface area contributed by atoms with E-state index >= 15 is 0 Å². The van der Waals surface area contributed by atoms with Crippen LogP contribution in [0.5, 0.6) is 0 Å². The first kappa shape index (κ1) is 21.6. The Labute approximate surface area is 188 Å². The summed E-state index contributed by atoms with van der Waals surface area (Å²) in [6.45, 7) is 3.08. The second kappa shape index (κ2) is 8.63. The van der Waals surface area contributed by atoms with E-state index in [1.165, 1.54) is 44.6 Å². The quantitative estimate of drug-likeness (QED) is 0.415. The van der Waals surface area contributed by atoms with E-state index in [9.17, 15) is 14.0 Å². The Kier molecular flexibility index (Phi) is 5.84. The first-order valence-electron chi connectivity index (χ1n) is 11.9. The Morgan fingerprint density at radius 3 is 2.31 bits per heavy atom. The fraction of sp³-hybridized carbons (Fsp3) is 0.667. The molecule has 5 aliphatic rings. The summed E-state index contributed by atoms with van der Waals surface area (Å²) in [6.07, 6.45) is 7.58. The van der Waals surface area contributed by atoms with E-state index in [2.05, 4.69) is 0 Å². The van der Waals surface area contributed by atoms with Crippen molar-refractivity contribution in [2.24, 2.45) is 29.0 Å². The van der Waals surface area contributed by atoms with Crippen LogP contribution in [-0.2, 0) is 11.3 Å². The van der Waals surface area contributed by atoms with Crippen molar-refractivity contribution in [1.29, 1.82) is 0 Å². The molecule has 0 aromatic heterocycles. The van der Waals surface area contributed by atoms with Crippen molar-refractivity contribution in [2.75, 3.05) is 32.8 Å². The molecule has 0 spiro atoms. The summed E-state index contributed by atoms with van der Waals surface area (Å²) in [5.74, 6) is 6.50. The molecule has 8 heteroatoms. The van der Waals surface area contributed by atoms with Crippen molar-refractivity contribution in [2.45, 2.75) is 45.1 Å². The third kappa shape index (κ3) is 4.22. The van der Waals surface area contributed by atoms with Gasteiger partial charge in [-0.1, -0.05) is 6.07 Å². The van der Waals surface area contributed by atoms with Crippen LogP contribution in [0.25, 0.3) is 0 Å². The Bertz CT molecular complexity index is 851. The number of urea groups is 1. The van der Waals surface area contributed by atoms with Gasteiger partial charge in [-0.2, -0.15) is 0 Å². The summed E-state index contributed by atoms with van der Waals surface area (Å²) in [4.78, 5) is 29.0. The monoisotopic (exact) mass is 444 g/mol. The molecule has 32 heavy (non-hydrogen) atoms. The highest BCUT2D eigenvalue weighted by atomic mass is 19.1. The second-order valence-corrected chi connectivity index (χ2v) is 10.4. The van der Waals surface area contributed by atoms with Crippen LogP contribution in [-0.4, -0.2) is 54.6 Å². The number of halogens is 1. The van der Waals surface area contributed by atoms with E-state index < -0.39 is 11.7 Å². The molecular weight excluding hydrogens is 411 g/mol. The molecule has 4 aliphatic carbocycles. The van der Waals surface area contributed by atoms with Crippen LogP contribution in [0.2, 0.25) is 0 Å². The number of nitrogens with zero attached hydrogens (tertiary/aromatic N) is 2. The first-order chi connectivity index (χ1) is 15.4. The average Bonchev–Trinajstić information content (AvgIpc) is 2.78. The van der Waals surface area contributed by atoms with E-state index in [4.69, 9.17) is 10.6 Å². The molecule has 3 N–H and O–H groups in total. The third-order valence-electron chi connectivity index (χ3n) is 8.05. The third-order valence-corrected chi connectivity index (χ3v) is 8.05. The molecule has 7 nitrogen and oxygen atoms in total. The lowest BCUT2D eigenvalue weighted by atomic mass is 9.49. The van der Waals surface area contributed by atoms with Crippen LogP contribution in [0.15, 0.2) is 18.2 Å². The maximum Gasteiger partial charge on any atom is 0.320 e. The molecule has 174 valence electrons. The maximum absolute atomic E-state index is 14.9. The summed E-state index contributed by atoms with van der Waals surface area (Å²) in [5.41, 5.74) is 2.77. The molecule has 1 aromatic rings. The number of hydrogen-bond acceptors (Lipinski definition) is 4. The standard InChI is InChI=1S/C24H33FN4O3/c25-21-10-19(22(30)27-26)1-2-20(21)14-29(23(31)28-3-5-32-6-4-28)15-24-11-16-7-17(12-24)9-18(8-16)13-24/h1-2,10,16-18H,3-9,11-15,26H2,(H,27,30). The number of hydrogen-bond donors (Lipinski definition) is 2. The number of nitrogen functional groups attached to an aromatic ring is 1. The van der Waals surface area contributed by atoms with Gasteiger partial charge in [-0.05, 0) is 73.8 Å². The second-order valence-electron chi connectivity index (χ2n) is 10.4. The zero-order valence-corrected chi connectivity index (χ0v) is 18.5. The topological polar surface area (TPSA) is 87.9 Å². The smallest absolute Gasteiger partial charge is 0.320 e. The van der Waals surface area contributed by atoms with Gasteiger partial charge in [0, 0.05) is 30.8 Å². The predicted molar refractivity (Wildman–Crippen MR) is 117 cm³/mol. The van der Waals surface area contributed by atoms with E-state index in [-0.39, 0.29) is 23.6 Å². The van der Waals surface area contributed by atoms with Crippen molar-refractivity contribution < 1.29 is 18.7 Å². The highest BCUT2D eigenvalue weighted by molar-refractivity contribution is 5.93. The number of nitrogens with two attached hydrogens (primary N) is 1.